The number of rotatable bonds is 2. The molecular formula is C16H18NO2-. The van der Waals surface area contributed by atoms with Crippen molar-refractivity contribution in [2.45, 2.75) is 32.2 Å². The second-order valence-corrected chi connectivity index (χ2v) is 5.86. The number of hydrogen-bond acceptors (Lipinski definition) is 3. The van der Waals surface area contributed by atoms with Gasteiger partial charge in [0.15, 0.2) is 0 Å². The topological polar surface area (TPSA) is 52.2 Å². The molecule has 0 fully saturated rings. The van der Waals surface area contributed by atoms with E-state index in [1.54, 1.807) is 12.1 Å². The van der Waals surface area contributed by atoms with Gasteiger partial charge in [0.2, 0.25) is 0 Å². The van der Waals surface area contributed by atoms with E-state index >= 15 is 0 Å². The van der Waals surface area contributed by atoms with Crippen LogP contribution in [0.15, 0.2) is 30.4 Å². The van der Waals surface area contributed by atoms with Crippen LogP contribution in [0.4, 0.5) is 5.69 Å². The summed E-state index contributed by atoms with van der Waals surface area (Å²) in [6.45, 7) is 4.46. The van der Waals surface area contributed by atoms with E-state index in [0.29, 0.717) is 23.8 Å². The minimum atomic E-state index is -1.10. The van der Waals surface area contributed by atoms with Crippen LogP contribution in [0.25, 0.3) is 0 Å². The Morgan fingerprint density at radius 1 is 1.42 bits per heavy atom. The number of carboxylic acid groups (broad SMARTS) is 1. The van der Waals surface area contributed by atoms with E-state index in [0.717, 1.165) is 17.7 Å². The summed E-state index contributed by atoms with van der Waals surface area (Å²) >= 11 is 0. The molecule has 0 unspecified atom stereocenters. The molecule has 0 spiro atoms. The maximum absolute atomic E-state index is 11.0. The summed E-state index contributed by atoms with van der Waals surface area (Å²) in [5.74, 6) is 0.320. The lowest BCUT2D eigenvalue weighted by Gasteiger charge is -2.39. The molecule has 0 saturated heterocycles. The second-order valence-electron chi connectivity index (χ2n) is 5.86. The van der Waals surface area contributed by atoms with Crippen LogP contribution < -0.4 is 10.4 Å². The number of carbonyl (C=O) groups is 1. The van der Waals surface area contributed by atoms with E-state index in [-0.39, 0.29) is 5.56 Å². The van der Waals surface area contributed by atoms with Crippen LogP contribution >= 0.6 is 0 Å². The lowest BCUT2D eigenvalue weighted by atomic mass is 9.75. The van der Waals surface area contributed by atoms with E-state index in [4.69, 9.17) is 0 Å². The third kappa shape index (κ3) is 1.93. The van der Waals surface area contributed by atoms with Crippen molar-refractivity contribution in [3.05, 3.63) is 41.5 Å². The van der Waals surface area contributed by atoms with Gasteiger partial charge in [-0.2, -0.15) is 0 Å². The fourth-order valence-corrected chi connectivity index (χ4v) is 3.42. The van der Waals surface area contributed by atoms with Gasteiger partial charge in [0.1, 0.15) is 0 Å². The Kier molecular flexibility index (Phi) is 2.85. The smallest absolute Gasteiger partial charge is 0.0715 e. The van der Waals surface area contributed by atoms with E-state index in [9.17, 15) is 9.90 Å². The molecule has 3 heteroatoms. The van der Waals surface area contributed by atoms with Crippen LogP contribution in [-0.4, -0.2) is 12.0 Å². The number of carbonyl (C=O) groups excluding carboxylic acids is 1. The average molecular weight is 256 g/mol. The zero-order valence-electron chi connectivity index (χ0n) is 11.2. The molecule has 3 nitrogen and oxygen atoms in total. The highest BCUT2D eigenvalue weighted by Gasteiger charge is 2.38. The molecule has 1 aromatic carbocycles. The molecule has 0 amide bonds. The van der Waals surface area contributed by atoms with E-state index in [2.05, 4.69) is 31.3 Å². The fourth-order valence-electron chi connectivity index (χ4n) is 3.42. The number of allylic oxidation sites excluding steroid dienone is 2. The average Bonchev–Trinajstić information content (AvgIpc) is 2.86. The van der Waals surface area contributed by atoms with Gasteiger partial charge in [-0.1, -0.05) is 32.1 Å². The maximum atomic E-state index is 11.0. The number of fused-ring (bicyclic) bond motifs is 3. The van der Waals surface area contributed by atoms with E-state index in [1.165, 1.54) is 0 Å². The van der Waals surface area contributed by atoms with Crippen molar-refractivity contribution in [1.29, 1.82) is 0 Å². The quantitative estimate of drug-likeness (QED) is 0.825. The molecule has 1 heterocycles. The largest absolute Gasteiger partial charge is 0.545 e. The fraction of sp³-hybridized carbons (Fsp3) is 0.438. The molecule has 1 aromatic rings. The Balaban J connectivity index is 2.05. The highest BCUT2D eigenvalue weighted by atomic mass is 16.4. The standard InChI is InChI=1S/C16H19NO2/c1-9(2)15-12-5-3-4-11(12)13-8-10(16(18)19)6-7-14(13)17-15/h3-4,6-9,11-12,15,17H,5H2,1-2H3,(H,18,19)/p-1/t11-,12+,15+/m0/s1. The van der Waals surface area contributed by atoms with Crippen LogP contribution in [0.3, 0.4) is 0 Å². The van der Waals surface area contributed by atoms with Gasteiger partial charge in [0, 0.05) is 17.6 Å². The molecule has 19 heavy (non-hydrogen) atoms. The summed E-state index contributed by atoms with van der Waals surface area (Å²) in [4.78, 5) is 11.0. The van der Waals surface area contributed by atoms with Gasteiger partial charge >= 0.3 is 0 Å². The zero-order chi connectivity index (χ0) is 13.6. The van der Waals surface area contributed by atoms with Gasteiger partial charge in [-0.05, 0) is 41.5 Å². The summed E-state index contributed by atoms with van der Waals surface area (Å²) in [5.41, 5.74) is 2.43. The van der Waals surface area contributed by atoms with E-state index in [1.807, 2.05) is 6.07 Å². The Morgan fingerprint density at radius 2 is 2.21 bits per heavy atom. The normalized spacial score (nSPS) is 27.8. The number of anilines is 1. The summed E-state index contributed by atoms with van der Waals surface area (Å²) in [6, 6.07) is 5.71. The molecule has 0 saturated carbocycles. The predicted molar refractivity (Wildman–Crippen MR) is 73.0 cm³/mol. The molecule has 3 rings (SSSR count). The highest BCUT2D eigenvalue weighted by Crippen LogP contribution is 2.46. The van der Waals surface area contributed by atoms with Crippen molar-refractivity contribution in [2.24, 2.45) is 11.8 Å². The molecule has 1 N–H and O–H groups in total. The van der Waals surface area contributed by atoms with Crippen LogP contribution in [-0.2, 0) is 0 Å². The minimum Gasteiger partial charge on any atom is -0.545 e. The van der Waals surface area contributed by atoms with Gasteiger partial charge < -0.3 is 15.2 Å². The maximum Gasteiger partial charge on any atom is 0.0715 e. The Morgan fingerprint density at radius 3 is 2.89 bits per heavy atom. The molecule has 0 aromatic heterocycles. The van der Waals surface area contributed by atoms with Crippen molar-refractivity contribution >= 4 is 11.7 Å². The van der Waals surface area contributed by atoms with Crippen LogP contribution in [0.5, 0.6) is 0 Å². The molecule has 100 valence electrons. The number of carboxylic acids is 1. The number of nitrogens with one attached hydrogen (secondary N) is 1. The SMILES string of the molecule is CC(C)[C@H]1Nc2ccc(C(=O)[O-])cc2[C@H]2C=CC[C@H]21. The third-order valence-corrected chi connectivity index (χ3v) is 4.36. The van der Waals surface area contributed by atoms with Crippen molar-refractivity contribution in [3.8, 4) is 0 Å². The Hall–Kier alpha value is -1.77. The van der Waals surface area contributed by atoms with Gasteiger partial charge in [0.05, 0.1) is 5.97 Å². The molecule has 1 aliphatic heterocycles. The first-order chi connectivity index (χ1) is 9.08. The monoisotopic (exact) mass is 256 g/mol. The van der Waals surface area contributed by atoms with Crippen LogP contribution in [0.1, 0.15) is 42.1 Å². The molecule has 3 atom stereocenters. The van der Waals surface area contributed by atoms with Gasteiger partial charge in [-0.3, -0.25) is 0 Å². The van der Waals surface area contributed by atoms with Crippen molar-refractivity contribution in [2.75, 3.05) is 5.32 Å². The van der Waals surface area contributed by atoms with E-state index < -0.39 is 5.97 Å². The van der Waals surface area contributed by atoms with Crippen molar-refractivity contribution in [3.63, 3.8) is 0 Å². The first-order valence-corrected chi connectivity index (χ1v) is 6.86. The first-order valence-electron chi connectivity index (χ1n) is 6.86. The Bertz CT molecular complexity index is 548. The lowest BCUT2D eigenvalue weighted by Crippen LogP contribution is -2.39. The molecular weight excluding hydrogens is 238 g/mol. The van der Waals surface area contributed by atoms with Gasteiger partial charge in [-0.15, -0.1) is 0 Å². The zero-order valence-corrected chi connectivity index (χ0v) is 11.2. The Labute approximate surface area is 113 Å². The summed E-state index contributed by atoms with van der Waals surface area (Å²) in [7, 11) is 0. The van der Waals surface area contributed by atoms with Crippen molar-refractivity contribution in [1.82, 2.24) is 0 Å². The van der Waals surface area contributed by atoms with Crippen LogP contribution in [0.2, 0.25) is 0 Å². The number of hydrogen-bond donors (Lipinski definition) is 1. The molecule has 0 radical (unpaired) electrons. The second kappa shape index (κ2) is 4.41. The van der Waals surface area contributed by atoms with Gasteiger partial charge in [0.25, 0.3) is 0 Å². The van der Waals surface area contributed by atoms with Crippen molar-refractivity contribution < 1.29 is 9.90 Å². The third-order valence-electron chi connectivity index (χ3n) is 4.36. The molecule has 1 aliphatic carbocycles. The first kappa shape index (κ1) is 12.3. The van der Waals surface area contributed by atoms with Gasteiger partial charge in [-0.25, -0.2) is 0 Å². The summed E-state index contributed by atoms with van der Waals surface area (Å²) < 4.78 is 0. The molecule has 2 aliphatic rings. The number of aromatic carboxylic acids is 1. The summed E-state index contributed by atoms with van der Waals surface area (Å²) in [5, 5.41) is 14.6. The number of benzene rings is 1. The predicted octanol–water partition coefficient (Wildman–Crippen LogP) is 2.16. The molecule has 0 bridgehead atoms. The lowest BCUT2D eigenvalue weighted by molar-refractivity contribution is -0.255. The highest BCUT2D eigenvalue weighted by molar-refractivity contribution is 5.87. The van der Waals surface area contributed by atoms with Crippen LogP contribution in [0, 0.1) is 11.8 Å². The minimum absolute atomic E-state index is 0.266. The summed E-state index contributed by atoms with van der Waals surface area (Å²) in [6.07, 6.45) is 5.50.